The summed E-state index contributed by atoms with van der Waals surface area (Å²) in [5.41, 5.74) is -0.774. The minimum Gasteiger partial charge on any atom is -0.389 e. The Morgan fingerprint density at radius 1 is 1.54 bits per heavy atom. The SMILES string of the molecule is CON(C)C(=O)CC1(O)CCCC1. The molecule has 0 aliphatic heterocycles. The quantitative estimate of drug-likeness (QED) is 0.662. The summed E-state index contributed by atoms with van der Waals surface area (Å²) in [6.07, 6.45) is 3.67. The van der Waals surface area contributed by atoms with Crippen LogP contribution < -0.4 is 0 Å². The van der Waals surface area contributed by atoms with Gasteiger partial charge in [0, 0.05) is 7.05 Å². The second-order valence-electron chi connectivity index (χ2n) is 3.68. The molecule has 4 heteroatoms. The van der Waals surface area contributed by atoms with Gasteiger partial charge in [-0.3, -0.25) is 9.63 Å². The Morgan fingerprint density at radius 3 is 2.54 bits per heavy atom. The smallest absolute Gasteiger partial charge is 0.248 e. The molecular weight excluding hydrogens is 170 g/mol. The third-order valence-electron chi connectivity index (χ3n) is 2.64. The number of amides is 1. The first-order valence-electron chi connectivity index (χ1n) is 4.60. The van der Waals surface area contributed by atoms with Crippen LogP contribution in [0.2, 0.25) is 0 Å². The lowest BCUT2D eigenvalue weighted by molar-refractivity contribution is -0.173. The van der Waals surface area contributed by atoms with Crippen LogP contribution in [0.5, 0.6) is 0 Å². The molecule has 1 saturated carbocycles. The fraction of sp³-hybridized carbons (Fsp3) is 0.889. The zero-order valence-corrected chi connectivity index (χ0v) is 8.25. The molecule has 0 spiro atoms. The number of hydrogen-bond donors (Lipinski definition) is 1. The molecule has 1 amide bonds. The van der Waals surface area contributed by atoms with Gasteiger partial charge in [-0.15, -0.1) is 0 Å². The molecule has 1 aliphatic carbocycles. The van der Waals surface area contributed by atoms with Crippen molar-refractivity contribution in [3.8, 4) is 0 Å². The number of hydrogen-bond acceptors (Lipinski definition) is 3. The number of aliphatic hydroxyl groups is 1. The Labute approximate surface area is 78.4 Å². The summed E-state index contributed by atoms with van der Waals surface area (Å²) in [5.74, 6) is -0.160. The normalized spacial score (nSPS) is 20.2. The van der Waals surface area contributed by atoms with Crippen LogP contribution in [0.4, 0.5) is 0 Å². The van der Waals surface area contributed by atoms with Crippen molar-refractivity contribution in [3.63, 3.8) is 0 Å². The van der Waals surface area contributed by atoms with E-state index in [9.17, 15) is 9.90 Å². The maximum absolute atomic E-state index is 11.4. The molecule has 1 aliphatic rings. The van der Waals surface area contributed by atoms with E-state index in [4.69, 9.17) is 4.84 Å². The molecule has 1 fully saturated rings. The van der Waals surface area contributed by atoms with E-state index in [0.717, 1.165) is 30.7 Å². The van der Waals surface area contributed by atoms with Gasteiger partial charge in [-0.05, 0) is 12.8 Å². The first-order chi connectivity index (χ1) is 6.07. The Hall–Kier alpha value is -0.610. The number of hydroxylamine groups is 2. The van der Waals surface area contributed by atoms with Crippen LogP contribution in [0.3, 0.4) is 0 Å². The van der Waals surface area contributed by atoms with Gasteiger partial charge in [-0.25, -0.2) is 5.06 Å². The van der Waals surface area contributed by atoms with Crippen molar-refractivity contribution in [2.75, 3.05) is 14.2 Å². The van der Waals surface area contributed by atoms with Gasteiger partial charge in [-0.2, -0.15) is 0 Å². The molecule has 0 aromatic heterocycles. The van der Waals surface area contributed by atoms with Crippen molar-refractivity contribution >= 4 is 5.91 Å². The van der Waals surface area contributed by atoms with Gasteiger partial charge in [0.25, 0.3) is 0 Å². The van der Waals surface area contributed by atoms with Crippen molar-refractivity contribution < 1.29 is 14.7 Å². The average molecular weight is 187 g/mol. The lowest BCUT2D eigenvalue weighted by Crippen LogP contribution is -2.35. The summed E-state index contributed by atoms with van der Waals surface area (Å²) in [6.45, 7) is 0. The summed E-state index contributed by atoms with van der Waals surface area (Å²) in [4.78, 5) is 16.1. The molecule has 0 aromatic rings. The minimum atomic E-state index is -0.774. The largest absolute Gasteiger partial charge is 0.389 e. The van der Waals surface area contributed by atoms with E-state index in [1.54, 1.807) is 7.05 Å². The van der Waals surface area contributed by atoms with E-state index in [-0.39, 0.29) is 12.3 Å². The molecule has 13 heavy (non-hydrogen) atoms. The molecule has 0 heterocycles. The predicted octanol–water partition coefficient (Wildman–Crippen LogP) is 0.701. The standard InChI is InChI=1S/C9H17NO3/c1-10(13-2)8(11)7-9(12)5-3-4-6-9/h12H,3-7H2,1-2H3. The third kappa shape index (κ3) is 2.67. The van der Waals surface area contributed by atoms with Crippen LogP contribution in [0.25, 0.3) is 0 Å². The van der Waals surface area contributed by atoms with E-state index in [2.05, 4.69) is 0 Å². The lowest BCUT2D eigenvalue weighted by atomic mass is 9.98. The van der Waals surface area contributed by atoms with Gasteiger partial charge in [-0.1, -0.05) is 12.8 Å². The molecular formula is C9H17NO3. The minimum absolute atomic E-state index is 0.160. The summed E-state index contributed by atoms with van der Waals surface area (Å²) in [6, 6.07) is 0. The van der Waals surface area contributed by atoms with Crippen molar-refractivity contribution in [3.05, 3.63) is 0 Å². The van der Waals surface area contributed by atoms with Crippen LogP contribution in [-0.4, -0.2) is 35.8 Å². The van der Waals surface area contributed by atoms with Crippen LogP contribution in [0, 0.1) is 0 Å². The number of rotatable bonds is 3. The van der Waals surface area contributed by atoms with Crippen LogP contribution in [0.15, 0.2) is 0 Å². The third-order valence-corrected chi connectivity index (χ3v) is 2.64. The fourth-order valence-corrected chi connectivity index (χ4v) is 1.70. The Kier molecular flexibility index (Phi) is 3.27. The summed E-state index contributed by atoms with van der Waals surface area (Å²) >= 11 is 0. The molecule has 4 nitrogen and oxygen atoms in total. The van der Waals surface area contributed by atoms with Gasteiger partial charge >= 0.3 is 0 Å². The van der Waals surface area contributed by atoms with E-state index < -0.39 is 5.60 Å². The topological polar surface area (TPSA) is 49.8 Å². The molecule has 1 N–H and O–H groups in total. The van der Waals surface area contributed by atoms with Gasteiger partial charge in [0.2, 0.25) is 5.91 Å². The number of carbonyl (C=O) groups is 1. The Morgan fingerprint density at radius 2 is 2.08 bits per heavy atom. The Bertz CT molecular complexity index is 187. The highest BCUT2D eigenvalue weighted by molar-refractivity contribution is 5.75. The van der Waals surface area contributed by atoms with Crippen LogP contribution in [0.1, 0.15) is 32.1 Å². The van der Waals surface area contributed by atoms with E-state index in [1.165, 1.54) is 7.11 Å². The summed E-state index contributed by atoms with van der Waals surface area (Å²) in [7, 11) is 3.00. The fourth-order valence-electron chi connectivity index (χ4n) is 1.70. The van der Waals surface area contributed by atoms with Crippen molar-refractivity contribution in [2.45, 2.75) is 37.7 Å². The molecule has 0 saturated heterocycles. The van der Waals surface area contributed by atoms with Gasteiger partial charge in [0.1, 0.15) is 0 Å². The highest BCUT2D eigenvalue weighted by atomic mass is 16.7. The van der Waals surface area contributed by atoms with E-state index >= 15 is 0 Å². The van der Waals surface area contributed by atoms with Gasteiger partial charge < -0.3 is 5.11 Å². The molecule has 0 bridgehead atoms. The number of carbonyl (C=O) groups excluding carboxylic acids is 1. The number of nitrogens with zero attached hydrogens (tertiary/aromatic N) is 1. The molecule has 0 unspecified atom stereocenters. The average Bonchev–Trinajstić information content (AvgIpc) is 2.50. The molecule has 0 radical (unpaired) electrons. The second-order valence-corrected chi connectivity index (χ2v) is 3.68. The van der Waals surface area contributed by atoms with Crippen LogP contribution in [-0.2, 0) is 9.63 Å². The first-order valence-corrected chi connectivity index (χ1v) is 4.60. The lowest BCUT2D eigenvalue weighted by Gasteiger charge is -2.23. The summed E-state index contributed by atoms with van der Waals surface area (Å²) < 4.78 is 0. The zero-order chi connectivity index (χ0) is 9.90. The highest BCUT2D eigenvalue weighted by Crippen LogP contribution is 2.32. The molecule has 0 atom stereocenters. The van der Waals surface area contributed by atoms with Crippen LogP contribution >= 0.6 is 0 Å². The molecule has 1 rings (SSSR count). The predicted molar refractivity (Wildman–Crippen MR) is 47.8 cm³/mol. The van der Waals surface area contributed by atoms with Gasteiger partial charge in [0.15, 0.2) is 0 Å². The van der Waals surface area contributed by atoms with Crippen molar-refractivity contribution in [1.82, 2.24) is 5.06 Å². The maximum atomic E-state index is 11.4. The summed E-state index contributed by atoms with van der Waals surface area (Å²) in [5, 5.41) is 11.1. The van der Waals surface area contributed by atoms with Crippen molar-refractivity contribution in [2.24, 2.45) is 0 Å². The maximum Gasteiger partial charge on any atom is 0.248 e. The zero-order valence-electron chi connectivity index (χ0n) is 8.25. The van der Waals surface area contributed by atoms with Gasteiger partial charge in [0.05, 0.1) is 19.1 Å². The monoisotopic (exact) mass is 187 g/mol. The second kappa shape index (κ2) is 4.07. The van der Waals surface area contributed by atoms with Crippen molar-refractivity contribution in [1.29, 1.82) is 0 Å². The van der Waals surface area contributed by atoms with E-state index in [1.807, 2.05) is 0 Å². The van der Waals surface area contributed by atoms with E-state index in [0.29, 0.717) is 0 Å². The molecule has 76 valence electrons. The molecule has 0 aromatic carbocycles. The highest BCUT2D eigenvalue weighted by Gasteiger charge is 2.34. The Balaban J connectivity index is 2.43. The first kappa shape index (κ1) is 10.5.